The monoisotopic (exact) mass is 232 g/mol. The van der Waals surface area contributed by atoms with E-state index in [1.165, 1.54) is 7.11 Å². The molecule has 0 aliphatic rings. The summed E-state index contributed by atoms with van der Waals surface area (Å²) in [6.07, 6.45) is 1.67. The van der Waals surface area contributed by atoms with Gasteiger partial charge in [0, 0.05) is 17.1 Å². The number of halogens is 1. The second kappa shape index (κ2) is 4.25. The number of aromatic nitrogens is 2. The van der Waals surface area contributed by atoms with Crippen molar-refractivity contribution in [2.24, 2.45) is 0 Å². The van der Waals surface area contributed by atoms with E-state index >= 15 is 0 Å². The van der Waals surface area contributed by atoms with E-state index in [0.29, 0.717) is 17.2 Å². The summed E-state index contributed by atoms with van der Waals surface area (Å²) in [5.74, 6) is 0.540. The predicted molar refractivity (Wildman–Crippen MR) is 47.8 cm³/mol. The third-order valence-corrected chi connectivity index (χ3v) is 1.93. The molecule has 0 amide bonds. The van der Waals surface area contributed by atoms with Gasteiger partial charge in [0.25, 0.3) is 0 Å². The van der Waals surface area contributed by atoms with Crippen molar-refractivity contribution in [3.05, 3.63) is 11.8 Å². The largest absolute Gasteiger partial charge is 0.481 e. The van der Waals surface area contributed by atoms with E-state index < -0.39 is 0 Å². The molecule has 0 saturated carbocycles. The number of rotatable bonds is 3. The van der Waals surface area contributed by atoms with E-state index in [2.05, 4.69) is 25.9 Å². The molecular formula is C7H9BrN2O2. The number of methoxy groups -OCH3 is 2. The lowest BCUT2D eigenvalue weighted by molar-refractivity contribution is 0.350. The van der Waals surface area contributed by atoms with E-state index in [1.54, 1.807) is 13.3 Å². The van der Waals surface area contributed by atoms with Gasteiger partial charge in [-0.05, 0) is 0 Å². The van der Waals surface area contributed by atoms with Gasteiger partial charge in [0.1, 0.15) is 0 Å². The van der Waals surface area contributed by atoms with Crippen LogP contribution >= 0.6 is 15.9 Å². The Balaban J connectivity index is 3.02. The predicted octanol–water partition coefficient (Wildman–Crippen LogP) is 1.39. The van der Waals surface area contributed by atoms with Crippen LogP contribution in [0, 0.1) is 0 Å². The molecule has 66 valence electrons. The van der Waals surface area contributed by atoms with Crippen molar-refractivity contribution in [2.45, 2.75) is 5.33 Å². The zero-order valence-electron chi connectivity index (χ0n) is 6.87. The first kappa shape index (κ1) is 9.25. The lowest BCUT2D eigenvalue weighted by Crippen LogP contribution is -1.98. The Bertz CT molecular complexity index is 268. The number of ether oxygens (including phenoxy) is 2. The van der Waals surface area contributed by atoms with Crippen LogP contribution in [0.1, 0.15) is 5.56 Å². The van der Waals surface area contributed by atoms with Crippen molar-refractivity contribution in [3.63, 3.8) is 0 Å². The van der Waals surface area contributed by atoms with Gasteiger partial charge in [0.05, 0.1) is 14.2 Å². The van der Waals surface area contributed by atoms with Crippen LogP contribution in [0.4, 0.5) is 0 Å². The van der Waals surface area contributed by atoms with Crippen molar-refractivity contribution in [1.82, 2.24) is 9.97 Å². The Kier molecular flexibility index (Phi) is 3.28. The Labute approximate surface area is 79.1 Å². The maximum Gasteiger partial charge on any atom is 0.319 e. The van der Waals surface area contributed by atoms with Crippen LogP contribution in [0.25, 0.3) is 0 Å². The maximum atomic E-state index is 5.02. The molecule has 5 heteroatoms. The number of hydrogen-bond acceptors (Lipinski definition) is 4. The van der Waals surface area contributed by atoms with Crippen LogP contribution in [-0.4, -0.2) is 24.2 Å². The van der Waals surface area contributed by atoms with E-state index in [4.69, 9.17) is 9.47 Å². The normalized spacial score (nSPS) is 9.58. The van der Waals surface area contributed by atoms with Gasteiger partial charge < -0.3 is 9.47 Å². The van der Waals surface area contributed by atoms with Gasteiger partial charge in [-0.1, -0.05) is 15.9 Å². The average molecular weight is 233 g/mol. The molecule has 0 aliphatic heterocycles. The third-order valence-electron chi connectivity index (χ3n) is 1.32. The molecule has 0 saturated heterocycles. The van der Waals surface area contributed by atoms with Crippen molar-refractivity contribution >= 4 is 15.9 Å². The van der Waals surface area contributed by atoms with Crippen molar-refractivity contribution < 1.29 is 9.47 Å². The van der Waals surface area contributed by atoms with E-state index in [9.17, 15) is 0 Å². The first-order valence-electron chi connectivity index (χ1n) is 3.31. The summed E-state index contributed by atoms with van der Waals surface area (Å²) < 4.78 is 9.86. The minimum Gasteiger partial charge on any atom is -0.481 e. The van der Waals surface area contributed by atoms with Crippen molar-refractivity contribution in [1.29, 1.82) is 0 Å². The zero-order chi connectivity index (χ0) is 8.97. The Morgan fingerprint density at radius 2 is 2.17 bits per heavy atom. The number of nitrogens with zero attached hydrogens (tertiary/aromatic N) is 2. The first-order chi connectivity index (χ1) is 5.81. The third kappa shape index (κ3) is 1.85. The molecule has 12 heavy (non-hydrogen) atoms. The molecule has 0 aromatic carbocycles. The second-order valence-corrected chi connectivity index (χ2v) is 2.59. The van der Waals surface area contributed by atoms with Crippen molar-refractivity contribution in [2.75, 3.05) is 14.2 Å². The van der Waals surface area contributed by atoms with Crippen molar-refractivity contribution in [3.8, 4) is 11.9 Å². The molecule has 0 aliphatic carbocycles. The second-order valence-electron chi connectivity index (χ2n) is 2.02. The highest BCUT2D eigenvalue weighted by Gasteiger charge is 2.05. The Morgan fingerprint density at radius 1 is 1.42 bits per heavy atom. The molecule has 0 atom stereocenters. The fourth-order valence-corrected chi connectivity index (χ4v) is 1.13. The summed E-state index contributed by atoms with van der Waals surface area (Å²) in [5, 5.41) is 0.667. The van der Waals surface area contributed by atoms with E-state index in [-0.39, 0.29) is 0 Å². The Hall–Kier alpha value is -0.840. The van der Waals surface area contributed by atoms with Gasteiger partial charge in [-0.15, -0.1) is 0 Å². The zero-order valence-corrected chi connectivity index (χ0v) is 8.46. The molecule has 4 nitrogen and oxygen atoms in total. The van der Waals surface area contributed by atoms with Crippen LogP contribution in [-0.2, 0) is 5.33 Å². The fraction of sp³-hybridized carbons (Fsp3) is 0.429. The topological polar surface area (TPSA) is 44.2 Å². The molecule has 1 aromatic heterocycles. The minimum absolute atomic E-state index is 0.316. The van der Waals surface area contributed by atoms with Crippen LogP contribution in [0.3, 0.4) is 0 Å². The standard InChI is InChI=1S/C7H9BrN2O2/c1-11-6-5(3-8)4-9-7(10-6)12-2/h4H,3H2,1-2H3. The molecule has 0 unspecified atom stereocenters. The summed E-state index contributed by atoms with van der Waals surface area (Å²) in [6.45, 7) is 0. The van der Waals surface area contributed by atoms with Crippen LogP contribution < -0.4 is 9.47 Å². The molecule has 0 radical (unpaired) electrons. The molecule has 1 aromatic rings. The van der Waals surface area contributed by atoms with Gasteiger partial charge >= 0.3 is 6.01 Å². The van der Waals surface area contributed by atoms with Gasteiger partial charge in [0.2, 0.25) is 5.88 Å². The van der Waals surface area contributed by atoms with Gasteiger partial charge in [-0.25, -0.2) is 4.98 Å². The molecule has 1 heterocycles. The lowest BCUT2D eigenvalue weighted by atomic mass is 10.4. The molecular weight excluding hydrogens is 224 g/mol. The lowest BCUT2D eigenvalue weighted by Gasteiger charge is -2.04. The molecule has 0 bridgehead atoms. The average Bonchev–Trinajstić information content (AvgIpc) is 2.16. The van der Waals surface area contributed by atoms with Crippen LogP contribution in [0.15, 0.2) is 6.20 Å². The van der Waals surface area contributed by atoms with Gasteiger partial charge in [-0.3, -0.25) is 0 Å². The highest BCUT2D eigenvalue weighted by atomic mass is 79.9. The molecule has 0 spiro atoms. The number of alkyl halides is 1. The maximum absolute atomic E-state index is 5.02. The first-order valence-corrected chi connectivity index (χ1v) is 4.43. The molecule has 0 fully saturated rings. The fourth-order valence-electron chi connectivity index (χ4n) is 0.743. The van der Waals surface area contributed by atoms with Crippen LogP contribution in [0.5, 0.6) is 11.9 Å². The van der Waals surface area contributed by atoms with E-state index in [0.717, 1.165) is 5.56 Å². The smallest absolute Gasteiger partial charge is 0.319 e. The quantitative estimate of drug-likeness (QED) is 0.740. The van der Waals surface area contributed by atoms with E-state index in [1.807, 2.05) is 0 Å². The minimum atomic E-state index is 0.316. The van der Waals surface area contributed by atoms with Gasteiger partial charge in [0.15, 0.2) is 0 Å². The summed E-state index contributed by atoms with van der Waals surface area (Å²) in [6, 6.07) is 0.316. The number of hydrogen-bond donors (Lipinski definition) is 0. The Morgan fingerprint density at radius 3 is 2.67 bits per heavy atom. The van der Waals surface area contributed by atoms with Crippen LogP contribution in [0.2, 0.25) is 0 Å². The summed E-state index contributed by atoms with van der Waals surface area (Å²) in [7, 11) is 3.08. The summed E-state index contributed by atoms with van der Waals surface area (Å²) in [4.78, 5) is 7.93. The SMILES string of the molecule is COc1ncc(CBr)c(OC)n1. The highest BCUT2D eigenvalue weighted by molar-refractivity contribution is 9.08. The molecule has 0 N–H and O–H groups in total. The summed E-state index contributed by atoms with van der Waals surface area (Å²) >= 11 is 3.29. The highest BCUT2D eigenvalue weighted by Crippen LogP contribution is 2.18. The summed E-state index contributed by atoms with van der Waals surface area (Å²) in [5.41, 5.74) is 0.901. The van der Waals surface area contributed by atoms with Gasteiger partial charge in [-0.2, -0.15) is 4.98 Å². The molecule has 1 rings (SSSR count).